The molecule has 30 heavy (non-hydrogen) atoms. The summed E-state index contributed by atoms with van der Waals surface area (Å²) < 4.78 is 83.6. The number of methoxy groups -OCH3 is 1. The second-order valence-electron chi connectivity index (χ2n) is 7.28. The Labute approximate surface area is 172 Å². The van der Waals surface area contributed by atoms with Crippen molar-refractivity contribution in [2.45, 2.75) is 62.2 Å². The zero-order chi connectivity index (χ0) is 22.7. The fourth-order valence-electron chi connectivity index (χ4n) is 3.29. The van der Waals surface area contributed by atoms with Crippen LogP contribution < -0.4 is 20.5 Å². The number of hydrogen-bond acceptors (Lipinski definition) is 5. The average molecular weight is 455 g/mol. The fourth-order valence-corrected chi connectivity index (χ4v) is 4.68. The third-order valence-corrected chi connectivity index (χ3v) is 6.65. The highest BCUT2D eigenvalue weighted by atomic mass is 32.2. The summed E-state index contributed by atoms with van der Waals surface area (Å²) in [5, 5.41) is 2.31. The van der Waals surface area contributed by atoms with E-state index in [4.69, 9.17) is 10.5 Å². The first kappa shape index (κ1) is 24.4. The number of ether oxygens (including phenoxy) is 1. The zero-order valence-corrected chi connectivity index (χ0v) is 17.4. The molecule has 0 bridgehead atoms. The maximum Gasteiger partial charge on any atom is 0.404 e. The Balaban J connectivity index is 2.25. The summed E-state index contributed by atoms with van der Waals surface area (Å²) in [4.78, 5) is 11.6. The number of rotatable bonds is 7. The molecule has 1 fully saturated rings. The summed E-state index contributed by atoms with van der Waals surface area (Å²) in [6.45, 7) is 0.613. The summed E-state index contributed by atoms with van der Waals surface area (Å²) in [6, 6.07) is -1.88. The first-order chi connectivity index (χ1) is 13.9. The zero-order valence-electron chi connectivity index (χ0n) is 16.6. The Morgan fingerprint density at radius 1 is 1.23 bits per heavy atom. The van der Waals surface area contributed by atoms with Crippen LogP contribution in [0.2, 0.25) is 0 Å². The summed E-state index contributed by atoms with van der Waals surface area (Å²) in [5.41, 5.74) is 5.59. The first-order valence-corrected chi connectivity index (χ1v) is 10.9. The molecule has 0 heterocycles. The van der Waals surface area contributed by atoms with Gasteiger partial charge in [0.05, 0.1) is 18.8 Å². The van der Waals surface area contributed by atoms with Crippen molar-refractivity contribution in [1.29, 1.82) is 0 Å². The number of carbonyl (C=O) groups excluding carboxylic acids is 1. The highest BCUT2D eigenvalue weighted by Gasteiger charge is 2.39. The average Bonchev–Trinajstić information content (AvgIpc) is 2.68. The van der Waals surface area contributed by atoms with Gasteiger partial charge in [-0.1, -0.05) is 19.3 Å². The molecule has 1 saturated carbocycles. The molecule has 7 nitrogen and oxygen atoms in total. The third kappa shape index (κ3) is 5.82. The molecule has 0 unspecified atom stereocenters. The van der Waals surface area contributed by atoms with E-state index in [0.29, 0.717) is 13.0 Å². The molecule has 1 amide bonds. The number of benzene rings is 1. The number of carbonyl (C=O) groups is 1. The molecule has 0 spiro atoms. The van der Waals surface area contributed by atoms with Crippen molar-refractivity contribution in [3.8, 4) is 5.75 Å². The largest absolute Gasteiger partial charge is 0.495 e. The summed E-state index contributed by atoms with van der Waals surface area (Å²) in [5.74, 6) is -2.27. The minimum atomic E-state index is -4.83. The van der Waals surface area contributed by atoms with Crippen molar-refractivity contribution < 1.29 is 35.5 Å². The summed E-state index contributed by atoms with van der Waals surface area (Å²) >= 11 is 0. The van der Waals surface area contributed by atoms with Gasteiger partial charge in [0.2, 0.25) is 15.9 Å². The van der Waals surface area contributed by atoms with Gasteiger partial charge in [-0.15, -0.1) is 0 Å². The molecule has 0 radical (unpaired) electrons. The van der Waals surface area contributed by atoms with Crippen molar-refractivity contribution in [3.05, 3.63) is 17.9 Å². The van der Waals surface area contributed by atoms with Gasteiger partial charge in [0.1, 0.15) is 22.5 Å². The van der Waals surface area contributed by atoms with Crippen molar-refractivity contribution in [2.24, 2.45) is 11.7 Å². The van der Waals surface area contributed by atoms with E-state index in [2.05, 4.69) is 5.32 Å². The molecule has 2 rings (SSSR count). The quantitative estimate of drug-likeness (QED) is 0.548. The van der Waals surface area contributed by atoms with Crippen LogP contribution in [0.25, 0.3) is 0 Å². The van der Waals surface area contributed by atoms with E-state index in [9.17, 15) is 30.8 Å². The van der Waals surface area contributed by atoms with Gasteiger partial charge in [0.25, 0.3) is 0 Å². The van der Waals surface area contributed by atoms with Crippen LogP contribution >= 0.6 is 0 Å². The van der Waals surface area contributed by atoms with Crippen LogP contribution in [0.5, 0.6) is 5.75 Å². The Kier molecular flexibility index (Phi) is 7.69. The topological polar surface area (TPSA) is 111 Å². The normalized spacial score (nSPS) is 18.0. The lowest BCUT2D eigenvalue weighted by Crippen LogP contribution is -2.43. The van der Waals surface area contributed by atoms with Gasteiger partial charge < -0.3 is 15.8 Å². The Bertz CT molecular complexity index is 871. The molecule has 12 heteroatoms. The van der Waals surface area contributed by atoms with E-state index >= 15 is 0 Å². The maximum atomic E-state index is 14.5. The number of amides is 1. The number of hydrogen-bond donors (Lipinski definition) is 3. The number of nitrogens with one attached hydrogen (secondary N) is 2. The van der Waals surface area contributed by atoms with Crippen LogP contribution in [0.3, 0.4) is 0 Å². The van der Waals surface area contributed by atoms with E-state index < -0.39 is 50.7 Å². The molecule has 0 aromatic heterocycles. The van der Waals surface area contributed by atoms with Crippen LogP contribution in [0.4, 0.5) is 23.2 Å². The van der Waals surface area contributed by atoms with Gasteiger partial charge in [-0.05, 0) is 31.7 Å². The highest BCUT2D eigenvalue weighted by molar-refractivity contribution is 7.89. The van der Waals surface area contributed by atoms with Crippen LogP contribution in [-0.4, -0.2) is 39.7 Å². The third-order valence-electron chi connectivity index (χ3n) is 5.08. The lowest BCUT2D eigenvalue weighted by atomic mass is 9.84. The molecular weight excluding hydrogens is 430 g/mol. The van der Waals surface area contributed by atoms with Crippen LogP contribution in [0.15, 0.2) is 17.0 Å². The van der Waals surface area contributed by atoms with Crippen LogP contribution in [-0.2, 0) is 14.8 Å². The predicted octanol–water partition coefficient (Wildman–Crippen LogP) is 2.91. The number of anilines is 1. The van der Waals surface area contributed by atoms with Gasteiger partial charge in [0, 0.05) is 6.07 Å². The van der Waals surface area contributed by atoms with Gasteiger partial charge in [-0.3, -0.25) is 4.79 Å². The first-order valence-electron chi connectivity index (χ1n) is 9.40. The Hall–Kier alpha value is -1.92. The van der Waals surface area contributed by atoms with E-state index in [1.807, 2.05) is 0 Å². The van der Waals surface area contributed by atoms with E-state index in [0.717, 1.165) is 45.3 Å². The number of alkyl halides is 3. The maximum absolute atomic E-state index is 14.5. The van der Waals surface area contributed by atoms with E-state index in [-0.39, 0.29) is 11.6 Å². The predicted molar refractivity (Wildman–Crippen MR) is 102 cm³/mol. The minimum Gasteiger partial charge on any atom is -0.495 e. The molecule has 1 aliphatic rings. The SMILES string of the molecule is COc1cc(NC(=O)[C@@H](N)C2CCCCC2)c(F)cc1S(=O)(=O)N[C@@H](C)C(F)(F)F. The van der Waals surface area contributed by atoms with Crippen LogP contribution in [0, 0.1) is 11.7 Å². The van der Waals surface area contributed by atoms with Gasteiger partial charge in [-0.2, -0.15) is 17.9 Å². The number of halogens is 4. The summed E-state index contributed by atoms with van der Waals surface area (Å²) in [6.07, 6.45) is -0.315. The monoisotopic (exact) mass is 455 g/mol. The van der Waals surface area contributed by atoms with E-state index in [1.54, 1.807) is 0 Å². The molecule has 1 aromatic rings. The van der Waals surface area contributed by atoms with Gasteiger partial charge in [-0.25, -0.2) is 12.8 Å². The fraction of sp³-hybridized carbons (Fsp3) is 0.611. The lowest BCUT2D eigenvalue weighted by molar-refractivity contribution is -0.147. The molecular formula is C18H25F4N3O4S. The molecule has 1 aliphatic carbocycles. The van der Waals surface area contributed by atoms with Crippen LogP contribution in [0.1, 0.15) is 39.0 Å². The molecule has 0 aliphatic heterocycles. The van der Waals surface area contributed by atoms with Crippen molar-refractivity contribution >= 4 is 21.6 Å². The Morgan fingerprint density at radius 2 is 1.83 bits per heavy atom. The smallest absolute Gasteiger partial charge is 0.404 e. The number of nitrogens with two attached hydrogens (primary N) is 1. The highest BCUT2D eigenvalue weighted by Crippen LogP contribution is 2.32. The number of sulfonamides is 1. The Morgan fingerprint density at radius 3 is 2.37 bits per heavy atom. The molecule has 4 N–H and O–H groups in total. The van der Waals surface area contributed by atoms with Crippen molar-refractivity contribution in [3.63, 3.8) is 0 Å². The van der Waals surface area contributed by atoms with Gasteiger partial charge >= 0.3 is 6.18 Å². The van der Waals surface area contributed by atoms with E-state index in [1.165, 1.54) is 4.72 Å². The molecule has 0 saturated heterocycles. The van der Waals surface area contributed by atoms with Crippen molar-refractivity contribution in [2.75, 3.05) is 12.4 Å². The molecule has 170 valence electrons. The van der Waals surface area contributed by atoms with Gasteiger partial charge in [0.15, 0.2) is 0 Å². The molecule has 1 aromatic carbocycles. The standard InChI is InChI=1S/C18H25F4N3O4S/c1-10(18(20,21)22)25-30(27,28)15-8-12(19)13(9-14(15)29-2)24-17(26)16(23)11-6-4-3-5-7-11/h8-11,16,25H,3-7,23H2,1-2H3,(H,24,26)/t10-,16-/m0/s1. The second kappa shape index (κ2) is 9.48. The van der Waals surface area contributed by atoms with Crippen molar-refractivity contribution in [1.82, 2.24) is 4.72 Å². The second-order valence-corrected chi connectivity index (χ2v) is 8.96. The molecule has 2 atom stereocenters. The minimum absolute atomic E-state index is 0.0450. The lowest BCUT2D eigenvalue weighted by Gasteiger charge is -2.26. The summed E-state index contributed by atoms with van der Waals surface area (Å²) in [7, 11) is -3.69.